The van der Waals surface area contributed by atoms with Gasteiger partial charge in [-0.05, 0) is 60.2 Å². The summed E-state index contributed by atoms with van der Waals surface area (Å²) in [5.41, 5.74) is 5.08. The smallest absolute Gasteiger partial charge is 0.255 e. The number of hydrogen-bond donors (Lipinski definition) is 2. The predicted molar refractivity (Wildman–Crippen MR) is 151 cm³/mol. The molecule has 1 fully saturated rings. The van der Waals surface area contributed by atoms with Crippen molar-refractivity contribution in [2.75, 3.05) is 41.3 Å². The van der Waals surface area contributed by atoms with Crippen molar-refractivity contribution < 1.29 is 10.6 Å². The predicted octanol–water partition coefficient (Wildman–Crippen LogP) is 5.27. The molecule has 38 heavy (non-hydrogen) atoms. The molecule has 0 radical (unpaired) electrons. The van der Waals surface area contributed by atoms with Crippen molar-refractivity contribution in [1.29, 1.82) is 0 Å². The third-order valence-electron chi connectivity index (χ3n) is 6.60. The topological polar surface area (TPSA) is 90.0 Å². The minimum Gasteiger partial charge on any atom is -1.00 e. The zero-order chi connectivity index (χ0) is 25.2. The molecule has 5 aromatic rings. The number of aromatic amines is 1. The van der Waals surface area contributed by atoms with E-state index in [1.807, 2.05) is 36.5 Å². The number of fused-ring (bicyclic) bond motifs is 1. The molecule has 0 aliphatic carbocycles. The number of aromatic nitrogens is 4. The maximum atomic E-state index is 13.2. The normalized spacial score (nSPS) is 13.3. The number of rotatable bonds is 5. The van der Waals surface area contributed by atoms with Crippen LogP contribution in [0.1, 0.15) is 11.8 Å². The van der Waals surface area contributed by atoms with Gasteiger partial charge in [-0.2, -0.15) is 5.10 Å². The van der Waals surface area contributed by atoms with Crippen molar-refractivity contribution in [3.05, 3.63) is 96.8 Å². The first-order valence-electron chi connectivity index (χ1n) is 12.0. The highest BCUT2D eigenvalue weighted by molar-refractivity contribution is 6.04. The SMILES string of the molecule is Cl.O=C(Nc1ccc(F)cc1)c1cccc(N2CCN(c3ncnc4ccc(-c5cn[nH]c5)cc34)CC2)c1.[H-]. The van der Waals surface area contributed by atoms with Crippen LogP contribution in [-0.4, -0.2) is 52.3 Å². The van der Waals surface area contributed by atoms with Crippen molar-refractivity contribution in [3.8, 4) is 11.1 Å². The average Bonchev–Trinajstić information content (AvgIpc) is 3.49. The van der Waals surface area contributed by atoms with Gasteiger partial charge in [0.15, 0.2) is 0 Å². The van der Waals surface area contributed by atoms with E-state index in [0.29, 0.717) is 11.3 Å². The van der Waals surface area contributed by atoms with Crippen molar-refractivity contribution >= 4 is 46.4 Å². The third-order valence-corrected chi connectivity index (χ3v) is 6.60. The van der Waals surface area contributed by atoms with Gasteiger partial charge >= 0.3 is 0 Å². The quantitative estimate of drug-likeness (QED) is 0.322. The van der Waals surface area contributed by atoms with Crippen LogP contribution in [0.3, 0.4) is 0 Å². The van der Waals surface area contributed by atoms with E-state index in [1.54, 1.807) is 30.7 Å². The fourth-order valence-corrected chi connectivity index (χ4v) is 4.64. The van der Waals surface area contributed by atoms with Crippen LogP contribution in [0.2, 0.25) is 0 Å². The van der Waals surface area contributed by atoms with Gasteiger partial charge in [0.1, 0.15) is 18.0 Å². The van der Waals surface area contributed by atoms with Gasteiger partial charge in [-0.25, -0.2) is 14.4 Å². The van der Waals surface area contributed by atoms with E-state index in [-0.39, 0.29) is 25.6 Å². The molecule has 0 bridgehead atoms. The molecule has 1 saturated heterocycles. The lowest BCUT2D eigenvalue weighted by molar-refractivity contribution is 0.102. The van der Waals surface area contributed by atoms with E-state index in [0.717, 1.165) is 59.7 Å². The van der Waals surface area contributed by atoms with Crippen molar-refractivity contribution in [3.63, 3.8) is 0 Å². The van der Waals surface area contributed by atoms with Gasteiger partial charge in [-0.3, -0.25) is 9.89 Å². The molecule has 0 saturated carbocycles. The van der Waals surface area contributed by atoms with Crippen LogP contribution in [-0.2, 0) is 0 Å². The second kappa shape index (κ2) is 10.9. The summed E-state index contributed by atoms with van der Waals surface area (Å²) in [4.78, 5) is 26.4. The molecule has 2 N–H and O–H groups in total. The molecule has 2 aromatic heterocycles. The van der Waals surface area contributed by atoms with Crippen LogP contribution in [0.5, 0.6) is 0 Å². The molecule has 8 nitrogen and oxygen atoms in total. The largest absolute Gasteiger partial charge is 1.00 e. The molecule has 10 heteroatoms. The summed E-state index contributed by atoms with van der Waals surface area (Å²) < 4.78 is 13.2. The van der Waals surface area contributed by atoms with Crippen LogP contribution in [0.4, 0.5) is 21.6 Å². The first-order valence-corrected chi connectivity index (χ1v) is 12.0. The molecular weight excluding hydrogens is 505 g/mol. The molecule has 1 amide bonds. The van der Waals surface area contributed by atoms with Crippen molar-refractivity contribution in [2.45, 2.75) is 0 Å². The molecular formula is C28H26ClFN7O-. The maximum Gasteiger partial charge on any atom is 0.255 e. The number of carbonyl (C=O) groups is 1. The summed E-state index contributed by atoms with van der Waals surface area (Å²) in [6.45, 7) is 3.15. The number of anilines is 3. The third kappa shape index (κ3) is 5.14. The molecule has 3 aromatic carbocycles. The zero-order valence-corrected chi connectivity index (χ0v) is 21.2. The van der Waals surface area contributed by atoms with E-state index < -0.39 is 0 Å². The lowest BCUT2D eigenvalue weighted by Gasteiger charge is -2.37. The molecule has 6 rings (SSSR count). The van der Waals surface area contributed by atoms with Gasteiger partial charge in [0.05, 0.1) is 11.7 Å². The van der Waals surface area contributed by atoms with Gasteiger partial charge < -0.3 is 16.5 Å². The van der Waals surface area contributed by atoms with Crippen molar-refractivity contribution in [2.24, 2.45) is 0 Å². The number of benzene rings is 3. The zero-order valence-electron chi connectivity index (χ0n) is 21.3. The molecule has 1 aliphatic heterocycles. The highest BCUT2D eigenvalue weighted by Gasteiger charge is 2.21. The van der Waals surface area contributed by atoms with Crippen molar-refractivity contribution in [1.82, 2.24) is 20.2 Å². The Morgan fingerprint density at radius 1 is 0.921 bits per heavy atom. The molecule has 1 aliphatic rings. The Balaban J connectivity index is 0.00000176. The minimum absolute atomic E-state index is 0. The maximum absolute atomic E-state index is 13.2. The number of H-pyrrole nitrogens is 1. The average molecular weight is 531 g/mol. The standard InChI is InChI=1S/C28H24FN7O.ClH.H/c29-22-5-7-23(8-6-22)34-28(37)20-2-1-3-24(14-20)35-10-12-36(13-11-35)27-25-15-19(21-16-32-33-17-21)4-9-26(25)30-18-31-27;;/h1-9,14-18H,10-13H2,(H,32,33)(H,34,37);1H;/q;;-1. The second-order valence-corrected chi connectivity index (χ2v) is 8.90. The fraction of sp³-hybridized carbons (Fsp3) is 0.143. The first-order chi connectivity index (χ1) is 18.1. The van der Waals surface area contributed by atoms with E-state index in [2.05, 4.69) is 41.3 Å². The highest BCUT2D eigenvalue weighted by Crippen LogP contribution is 2.29. The number of nitrogens with one attached hydrogen (secondary N) is 2. The van der Waals surface area contributed by atoms with Gasteiger partial charge in [0, 0.05) is 60.3 Å². The van der Waals surface area contributed by atoms with E-state index in [1.165, 1.54) is 12.1 Å². The Kier molecular flexibility index (Phi) is 7.19. The van der Waals surface area contributed by atoms with Gasteiger partial charge in [0.2, 0.25) is 0 Å². The first kappa shape index (κ1) is 25.2. The summed E-state index contributed by atoms with van der Waals surface area (Å²) >= 11 is 0. The summed E-state index contributed by atoms with van der Waals surface area (Å²) in [6, 6.07) is 19.5. The number of halogens is 2. The number of carbonyl (C=O) groups excluding carboxylic acids is 1. The number of nitrogens with zero attached hydrogens (tertiary/aromatic N) is 5. The molecule has 3 heterocycles. The summed E-state index contributed by atoms with van der Waals surface area (Å²) in [7, 11) is 0. The van der Waals surface area contributed by atoms with Gasteiger partial charge in [-0.15, -0.1) is 12.4 Å². The Labute approximate surface area is 226 Å². The Bertz CT molecular complexity index is 1560. The molecule has 0 atom stereocenters. The lowest BCUT2D eigenvalue weighted by atomic mass is 10.1. The Hall–Kier alpha value is -4.50. The molecule has 0 spiro atoms. The summed E-state index contributed by atoms with van der Waals surface area (Å²) in [5.74, 6) is 0.350. The summed E-state index contributed by atoms with van der Waals surface area (Å²) in [6.07, 6.45) is 5.29. The van der Waals surface area contributed by atoms with Crippen LogP contribution < -0.4 is 15.1 Å². The highest BCUT2D eigenvalue weighted by atomic mass is 35.5. The number of hydrogen-bond acceptors (Lipinski definition) is 6. The van der Waals surface area contributed by atoms with Crippen LogP contribution >= 0.6 is 12.4 Å². The van der Waals surface area contributed by atoms with Gasteiger partial charge in [0.25, 0.3) is 5.91 Å². The second-order valence-electron chi connectivity index (χ2n) is 8.90. The van der Waals surface area contributed by atoms with Crippen LogP contribution in [0, 0.1) is 5.82 Å². The van der Waals surface area contributed by atoms with E-state index in [9.17, 15) is 9.18 Å². The molecule has 194 valence electrons. The number of piperazine rings is 1. The molecule has 0 unspecified atom stereocenters. The lowest BCUT2D eigenvalue weighted by Crippen LogP contribution is -2.47. The van der Waals surface area contributed by atoms with Crippen LogP contribution in [0.25, 0.3) is 22.0 Å². The van der Waals surface area contributed by atoms with Gasteiger partial charge in [-0.1, -0.05) is 12.1 Å². The summed E-state index contributed by atoms with van der Waals surface area (Å²) in [5, 5.41) is 10.8. The monoisotopic (exact) mass is 530 g/mol. The van der Waals surface area contributed by atoms with E-state index >= 15 is 0 Å². The Morgan fingerprint density at radius 2 is 1.71 bits per heavy atom. The fourth-order valence-electron chi connectivity index (χ4n) is 4.64. The van der Waals surface area contributed by atoms with E-state index in [4.69, 9.17) is 0 Å². The number of amides is 1. The minimum atomic E-state index is -0.340. The Morgan fingerprint density at radius 3 is 2.47 bits per heavy atom. The van der Waals surface area contributed by atoms with Crippen LogP contribution in [0.15, 0.2) is 85.5 Å².